The molecule has 4 aromatic rings. The molecule has 0 aromatic heterocycles. The van der Waals surface area contributed by atoms with Crippen LogP contribution in [0.1, 0.15) is 60.9 Å². The number of amides is 1. The van der Waals surface area contributed by atoms with Crippen molar-refractivity contribution in [1.29, 1.82) is 0 Å². The topological polar surface area (TPSA) is 121 Å². The summed E-state index contributed by atoms with van der Waals surface area (Å²) in [5.41, 5.74) is 5.95. The monoisotopic (exact) mass is 594 g/mol. The smallest absolute Gasteiger partial charge is 0.304 e. The molecule has 218 valence electrons. The molecule has 1 aliphatic heterocycles. The molecule has 0 bridgehead atoms. The minimum Gasteiger partial charge on any atom is -0.481 e. The minimum atomic E-state index is -3.56. The molecule has 0 saturated heterocycles. The first kappa shape index (κ1) is 28.5. The highest BCUT2D eigenvalue weighted by atomic mass is 32.2. The van der Waals surface area contributed by atoms with E-state index in [0.29, 0.717) is 46.3 Å². The van der Waals surface area contributed by atoms with Crippen molar-refractivity contribution in [2.75, 3.05) is 13.1 Å². The number of carbonyl (C=O) groups is 3. The first-order valence-electron chi connectivity index (χ1n) is 14.1. The van der Waals surface area contributed by atoms with Crippen molar-refractivity contribution in [3.8, 4) is 11.1 Å². The predicted octanol–water partition coefficient (Wildman–Crippen LogP) is 4.77. The van der Waals surface area contributed by atoms with E-state index in [0.717, 1.165) is 16.7 Å². The quantitative estimate of drug-likeness (QED) is 0.254. The molecule has 0 fully saturated rings. The summed E-state index contributed by atoms with van der Waals surface area (Å²) in [7, 11) is -3.56. The van der Waals surface area contributed by atoms with E-state index >= 15 is 0 Å². The van der Waals surface area contributed by atoms with Gasteiger partial charge in [-0.2, -0.15) is 4.31 Å². The maximum atomic E-state index is 13.4. The molecule has 0 saturated carbocycles. The first-order chi connectivity index (χ1) is 20.7. The number of nitrogens with one attached hydrogen (secondary N) is 1. The van der Waals surface area contributed by atoms with Crippen molar-refractivity contribution in [2.45, 2.75) is 31.1 Å². The van der Waals surface area contributed by atoms with Gasteiger partial charge < -0.3 is 10.4 Å². The molecule has 1 atom stereocenters. The number of rotatable bonds is 9. The van der Waals surface area contributed by atoms with Crippen LogP contribution in [0.4, 0.5) is 0 Å². The summed E-state index contributed by atoms with van der Waals surface area (Å²) in [6, 6.07) is 26.9. The predicted molar refractivity (Wildman–Crippen MR) is 162 cm³/mol. The maximum absolute atomic E-state index is 13.4. The third-order valence-electron chi connectivity index (χ3n) is 8.19. The highest BCUT2D eigenvalue weighted by molar-refractivity contribution is 7.88. The molecule has 0 spiro atoms. The Hall–Kier alpha value is -4.60. The van der Waals surface area contributed by atoms with Gasteiger partial charge in [-0.05, 0) is 40.3 Å². The van der Waals surface area contributed by atoms with Gasteiger partial charge in [0.05, 0.1) is 12.2 Å². The van der Waals surface area contributed by atoms with Crippen LogP contribution in [0.25, 0.3) is 11.1 Å². The zero-order valence-electron chi connectivity index (χ0n) is 23.3. The number of carboxylic acids is 1. The number of hydrogen-bond acceptors (Lipinski definition) is 5. The van der Waals surface area contributed by atoms with Gasteiger partial charge in [0.2, 0.25) is 10.0 Å². The van der Waals surface area contributed by atoms with Crippen LogP contribution >= 0.6 is 0 Å². The van der Waals surface area contributed by atoms with Crippen molar-refractivity contribution in [2.24, 2.45) is 0 Å². The Morgan fingerprint density at radius 2 is 1.58 bits per heavy atom. The van der Waals surface area contributed by atoms with Crippen LogP contribution in [0, 0.1) is 0 Å². The number of nitrogens with zero attached hydrogens (tertiary/aromatic N) is 1. The first-order valence-corrected chi connectivity index (χ1v) is 15.7. The number of carboxylic acid groups (broad SMARTS) is 1. The van der Waals surface area contributed by atoms with Gasteiger partial charge in [0.1, 0.15) is 0 Å². The van der Waals surface area contributed by atoms with Gasteiger partial charge in [-0.15, -0.1) is 0 Å². The van der Waals surface area contributed by atoms with Crippen molar-refractivity contribution >= 4 is 27.7 Å². The van der Waals surface area contributed by atoms with Crippen LogP contribution in [-0.2, 0) is 33.5 Å². The van der Waals surface area contributed by atoms with Crippen LogP contribution in [0.15, 0.2) is 91.0 Å². The molecule has 6 rings (SSSR count). The second-order valence-corrected chi connectivity index (χ2v) is 12.9. The fourth-order valence-electron chi connectivity index (χ4n) is 6.01. The minimum absolute atomic E-state index is 0.0548. The third kappa shape index (κ3) is 5.74. The number of fused-ring (bicyclic) bond motifs is 4. The highest BCUT2D eigenvalue weighted by Crippen LogP contribution is 2.39. The normalized spacial score (nSPS) is 14.8. The Balaban J connectivity index is 1.21. The number of ketones is 1. The Bertz CT molecular complexity index is 1850. The average Bonchev–Trinajstić information content (AvgIpc) is 3.30. The zero-order valence-corrected chi connectivity index (χ0v) is 24.1. The highest BCUT2D eigenvalue weighted by Gasteiger charge is 2.31. The maximum Gasteiger partial charge on any atom is 0.304 e. The number of aliphatic carboxylic acids is 1. The largest absolute Gasteiger partial charge is 0.481 e. The van der Waals surface area contributed by atoms with Crippen LogP contribution in [0.3, 0.4) is 0 Å². The zero-order chi connectivity index (χ0) is 30.1. The van der Waals surface area contributed by atoms with Crippen molar-refractivity contribution in [1.82, 2.24) is 9.62 Å². The summed E-state index contributed by atoms with van der Waals surface area (Å²) < 4.78 is 27.9. The summed E-state index contributed by atoms with van der Waals surface area (Å²) in [5.74, 6) is -2.17. The second-order valence-electron chi connectivity index (χ2n) is 11.0. The summed E-state index contributed by atoms with van der Waals surface area (Å²) in [6.45, 7) is 0.635. The molecule has 0 radical (unpaired) electrons. The third-order valence-corrected chi connectivity index (χ3v) is 9.99. The second kappa shape index (κ2) is 11.6. The molecule has 4 aromatic carbocycles. The van der Waals surface area contributed by atoms with E-state index in [4.69, 9.17) is 0 Å². The van der Waals surface area contributed by atoms with E-state index in [2.05, 4.69) is 5.32 Å². The van der Waals surface area contributed by atoms with Crippen LogP contribution in [0.2, 0.25) is 0 Å². The lowest BCUT2D eigenvalue weighted by Gasteiger charge is -2.29. The van der Waals surface area contributed by atoms with Gasteiger partial charge in [-0.1, -0.05) is 84.9 Å². The molecule has 1 aliphatic carbocycles. The fourth-order valence-corrected chi connectivity index (χ4v) is 7.52. The summed E-state index contributed by atoms with van der Waals surface area (Å²) in [6.07, 6.45) is 0.340. The molecular weight excluding hydrogens is 564 g/mol. The van der Waals surface area contributed by atoms with Crippen LogP contribution in [0.5, 0.6) is 0 Å². The number of sulfonamides is 1. The van der Waals surface area contributed by atoms with E-state index in [1.165, 1.54) is 4.31 Å². The molecule has 2 N–H and O–H groups in total. The van der Waals surface area contributed by atoms with Gasteiger partial charge in [0.25, 0.3) is 5.91 Å². The van der Waals surface area contributed by atoms with Gasteiger partial charge in [0, 0.05) is 47.8 Å². The van der Waals surface area contributed by atoms with Gasteiger partial charge in [-0.25, -0.2) is 8.42 Å². The molecule has 1 amide bonds. The van der Waals surface area contributed by atoms with E-state index in [-0.39, 0.29) is 31.0 Å². The van der Waals surface area contributed by atoms with Crippen molar-refractivity contribution in [3.63, 3.8) is 0 Å². The van der Waals surface area contributed by atoms with E-state index < -0.39 is 27.8 Å². The number of hydrogen-bond donors (Lipinski definition) is 2. The molecule has 43 heavy (non-hydrogen) atoms. The van der Waals surface area contributed by atoms with E-state index in [1.54, 1.807) is 42.5 Å². The lowest BCUT2D eigenvalue weighted by molar-refractivity contribution is -0.137. The van der Waals surface area contributed by atoms with Crippen molar-refractivity contribution < 1.29 is 27.9 Å². The Labute approximate surface area is 250 Å². The lowest BCUT2D eigenvalue weighted by atomic mass is 9.90. The fraction of sp³-hybridized carbons (Fsp3) is 0.206. The SMILES string of the molecule is O=C(O)CC(CNC(=O)c1cccc2c1-c1ccccc1C2=O)c1ccc2c(c1)CN(S(=O)(=O)Cc1ccccc1)CC2. The van der Waals surface area contributed by atoms with Gasteiger partial charge in [-0.3, -0.25) is 14.4 Å². The summed E-state index contributed by atoms with van der Waals surface area (Å²) in [5, 5.41) is 12.6. The molecule has 2 aliphatic rings. The van der Waals surface area contributed by atoms with E-state index in [1.807, 2.05) is 48.5 Å². The molecule has 9 heteroatoms. The van der Waals surface area contributed by atoms with Gasteiger partial charge >= 0.3 is 5.97 Å². The van der Waals surface area contributed by atoms with Crippen molar-refractivity contribution in [3.05, 3.63) is 130 Å². The molecule has 1 unspecified atom stereocenters. The number of benzene rings is 4. The Kier molecular flexibility index (Phi) is 7.68. The standard InChI is InChI=1S/C34H30N2O6S/c37-31(38)18-25(19-35-34(40)30-12-6-11-29-32(30)27-9-4-5-10-28(27)33(29)39)24-14-13-23-15-16-36(20-26(23)17-24)43(41,42)21-22-7-2-1-3-8-22/h1-14,17,25H,15-16,18-21H2,(H,35,40)(H,37,38). The molecular formula is C34H30N2O6S. The Morgan fingerprint density at radius 1 is 0.860 bits per heavy atom. The van der Waals surface area contributed by atoms with Crippen LogP contribution in [-0.4, -0.2) is 48.6 Å². The van der Waals surface area contributed by atoms with Crippen LogP contribution < -0.4 is 5.32 Å². The molecule has 1 heterocycles. The molecule has 8 nitrogen and oxygen atoms in total. The Morgan fingerprint density at radius 3 is 2.35 bits per heavy atom. The average molecular weight is 595 g/mol. The van der Waals surface area contributed by atoms with Gasteiger partial charge in [0.15, 0.2) is 5.78 Å². The summed E-state index contributed by atoms with van der Waals surface area (Å²) >= 11 is 0. The summed E-state index contributed by atoms with van der Waals surface area (Å²) in [4.78, 5) is 38.2. The number of carbonyl (C=O) groups excluding carboxylic acids is 2. The lowest BCUT2D eigenvalue weighted by Crippen LogP contribution is -2.37. The van der Waals surface area contributed by atoms with E-state index in [9.17, 15) is 27.9 Å².